The molecule has 0 heterocycles. The van der Waals surface area contributed by atoms with Gasteiger partial charge in [-0.15, -0.1) is 0 Å². The van der Waals surface area contributed by atoms with Crippen molar-refractivity contribution in [2.24, 2.45) is 11.8 Å². The zero-order chi connectivity index (χ0) is 69.3. The second-order valence-corrected chi connectivity index (χ2v) is 30.9. The van der Waals surface area contributed by atoms with Crippen molar-refractivity contribution in [2.75, 3.05) is 39.6 Å². The second kappa shape index (κ2) is 66.9. The van der Waals surface area contributed by atoms with E-state index in [1.54, 1.807) is 0 Å². The Morgan fingerprint density at radius 2 is 0.489 bits per heavy atom. The highest BCUT2D eigenvalue weighted by Crippen LogP contribution is 2.45. The van der Waals surface area contributed by atoms with Gasteiger partial charge in [-0.2, -0.15) is 0 Å². The van der Waals surface area contributed by atoms with Crippen LogP contribution in [0.25, 0.3) is 0 Å². The van der Waals surface area contributed by atoms with E-state index in [4.69, 9.17) is 37.0 Å². The Kier molecular flexibility index (Phi) is 65.5. The lowest BCUT2D eigenvalue weighted by atomic mass is 10.0. The van der Waals surface area contributed by atoms with Gasteiger partial charge in [0.25, 0.3) is 0 Å². The highest BCUT2D eigenvalue weighted by molar-refractivity contribution is 7.47. The van der Waals surface area contributed by atoms with Gasteiger partial charge in [0, 0.05) is 25.7 Å². The van der Waals surface area contributed by atoms with Crippen molar-refractivity contribution in [3.8, 4) is 0 Å². The number of hydrogen-bond donors (Lipinski definition) is 3. The first kappa shape index (κ1) is 92.1. The molecule has 0 bridgehead atoms. The third kappa shape index (κ3) is 68.6. The molecule has 0 rings (SSSR count). The number of ether oxygens (including phenoxy) is 4. The molecule has 19 heteroatoms. The van der Waals surface area contributed by atoms with Crippen LogP contribution in [-0.4, -0.2) is 96.7 Å². The van der Waals surface area contributed by atoms with E-state index < -0.39 is 97.5 Å². The molecular formula is C75H146O17P2. The van der Waals surface area contributed by atoms with Crippen LogP contribution >= 0.6 is 15.6 Å². The van der Waals surface area contributed by atoms with Crippen LogP contribution in [0.4, 0.5) is 0 Å². The molecule has 0 fully saturated rings. The van der Waals surface area contributed by atoms with Crippen molar-refractivity contribution in [3.63, 3.8) is 0 Å². The quantitative estimate of drug-likeness (QED) is 0.0222. The van der Waals surface area contributed by atoms with Crippen LogP contribution in [0.3, 0.4) is 0 Å². The number of carbonyl (C=O) groups excluding carboxylic acids is 4. The molecule has 94 heavy (non-hydrogen) atoms. The average molecular weight is 1380 g/mol. The van der Waals surface area contributed by atoms with E-state index >= 15 is 0 Å². The van der Waals surface area contributed by atoms with Crippen molar-refractivity contribution in [1.82, 2.24) is 0 Å². The number of unbranched alkanes of at least 4 members (excludes halogenated alkanes) is 44. The summed E-state index contributed by atoms with van der Waals surface area (Å²) in [6.07, 6.45) is 54.3. The summed E-state index contributed by atoms with van der Waals surface area (Å²) in [6, 6.07) is 0. The largest absolute Gasteiger partial charge is 0.472 e. The predicted molar refractivity (Wildman–Crippen MR) is 381 cm³/mol. The van der Waals surface area contributed by atoms with Crippen LogP contribution in [0.2, 0.25) is 0 Å². The summed E-state index contributed by atoms with van der Waals surface area (Å²) in [4.78, 5) is 72.6. The van der Waals surface area contributed by atoms with Gasteiger partial charge in [-0.25, -0.2) is 9.13 Å². The minimum Gasteiger partial charge on any atom is -0.462 e. The molecule has 0 aromatic heterocycles. The minimum absolute atomic E-state index is 0.106. The Morgan fingerprint density at radius 3 is 0.723 bits per heavy atom. The number of esters is 4. The first-order valence-electron chi connectivity index (χ1n) is 39.0. The normalized spacial score (nSPS) is 14.0. The van der Waals surface area contributed by atoms with E-state index in [2.05, 4.69) is 41.5 Å². The van der Waals surface area contributed by atoms with E-state index in [1.807, 2.05) is 0 Å². The number of hydrogen-bond acceptors (Lipinski definition) is 15. The molecular weight excluding hydrogens is 1230 g/mol. The molecule has 5 atom stereocenters. The lowest BCUT2D eigenvalue weighted by molar-refractivity contribution is -0.161. The molecule has 558 valence electrons. The van der Waals surface area contributed by atoms with E-state index in [-0.39, 0.29) is 25.7 Å². The van der Waals surface area contributed by atoms with Crippen molar-refractivity contribution in [2.45, 2.75) is 407 Å². The number of rotatable bonds is 74. The number of phosphoric acid groups is 2. The highest BCUT2D eigenvalue weighted by atomic mass is 31.2. The van der Waals surface area contributed by atoms with Crippen LogP contribution in [0, 0.1) is 11.8 Å². The van der Waals surface area contributed by atoms with E-state index in [1.165, 1.54) is 199 Å². The number of phosphoric ester groups is 2. The van der Waals surface area contributed by atoms with Gasteiger partial charge < -0.3 is 33.8 Å². The molecule has 0 saturated heterocycles. The molecule has 0 amide bonds. The molecule has 0 aliphatic heterocycles. The fourth-order valence-electron chi connectivity index (χ4n) is 11.5. The monoisotopic (exact) mass is 1380 g/mol. The number of aliphatic hydroxyl groups excluding tert-OH is 1. The van der Waals surface area contributed by atoms with Crippen molar-refractivity contribution in [3.05, 3.63) is 0 Å². The average Bonchev–Trinajstić information content (AvgIpc) is 3.67. The highest BCUT2D eigenvalue weighted by Gasteiger charge is 2.30. The third-order valence-electron chi connectivity index (χ3n) is 17.5. The molecule has 0 radical (unpaired) electrons. The molecule has 0 aromatic rings. The summed E-state index contributed by atoms with van der Waals surface area (Å²) in [6.45, 7) is 9.53. The Bertz CT molecular complexity index is 1820. The van der Waals surface area contributed by atoms with Crippen LogP contribution in [0.5, 0.6) is 0 Å². The van der Waals surface area contributed by atoms with Gasteiger partial charge in [-0.05, 0) is 37.5 Å². The van der Waals surface area contributed by atoms with E-state index in [0.717, 1.165) is 102 Å². The fraction of sp³-hybridized carbons (Fsp3) is 0.947. The second-order valence-electron chi connectivity index (χ2n) is 28.0. The molecule has 0 aliphatic carbocycles. The van der Waals surface area contributed by atoms with Gasteiger partial charge in [-0.3, -0.25) is 37.3 Å². The summed E-state index contributed by atoms with van der Waals surface area (Å²) < 4.78 is 68.4. The maximum Gasteiger partial charge on any atom is 0.472 e. The van der Waals surface area contributed by atoms with Crippen molar-refractivity contribution >= 4 is 39.5 Å². The zero-order valence-corrected chi connectivity index (χ0v) is 63.1. The van der Waals surface area contributed by atoms with Gasteiger partial charge in [0.05, 0.1) is 26.4 Å². The lowest BCUT2D eigenvalue weighted by Crippen LogP contribution is -2.30. The molecule has 0 aliphatic rings. The molecule has 0 aromatic carbocycles. The van der Waals surface area contributed by atoms with Gasteiger partial charge >= 0.3 is 39.5 Å². The standard InChI is InChI=1S/C75H146O17P2/c1-7-9-11-13-15-17-19-20-28-31-35-38-45-51-57-72(77)85-63-70(91-75(80)60-54-48-40-36-32-29-26-24-22-21-23-25-27-30-33-37-43-49-55-67(3)4)65-89-93(81,82)87-61-69(76)62-88-94(83,84)90-66-71(64-86-73(78)58-52-46-42-41-44-50-56-68(5)6)92-74(79)59-53-47-39-34-18-16-14-12-10-8-2/h67-71,76H,7-66H2,1-6H3,(H,81,82)(H,83,84)/t69-,70-,71-/m1/s1. The Hall–Kier alpha value is -1.94. The fourth-order valence-corrected chi connectivity index (χ4v) is 13.1. The van der Waals surface area contributed by atoms with Gasteiger partial charge in [0.2, 0.25) is 0 Å². The van der Waals surface area contributed by atoms with Gasteiger partial charge in [0.15, 0.2) is 12.2 Å². The summed E-state index contributed by atoms with van der Waals surface area (Å²) >= 11 is 0. The smallest absolute Gasteiger partial charge is 0.462 e. The zero-order valence-electron chi connectivity index (χ0n) is 61.3. The molecule has 17 nitrogen and oxygen atoms in total. The summed E-state index contributed by atoms with van der Waals surface area (Å²) in [5.74, 6) is -0.619. The van der Waals surface area contributed by atoms with Gasteiger partial charge in [0.1, 0.15) is 19.3 Å². The summed E-state index contributed by atoms with van der Waals surface area (Å²) in [7, 11) is -9.90. The molecule has 0 spiro atoms. The molecule has 0 saturated carbocycles. The van der Waals surface area contributed by atoms with Crippen molar-refractivity contribution < 1.29 is 80.2 Å². The maximum atomic E-state index is 13.1. The maximum absolute atomic E-state index is 13.1. The minimum atomic E-state index is -4.96. The first-order valence-corrected chi connectivity index (χ1v) is 42.0. The third-order valence-corrected chi connectivity index (χ3v) is 19.4. The van der Waals surface area contributed by atoms with Crippen LogP contribution in [-0.2, 0) is 65.4 Å². The predicted octanol–water partition coefficient (Wildman–Crippen LogP) is 21.9. The topological polar surface area (TPSA) is 237 Å². The van der Waals surface area contributed by atoms with Gasteiger partial charge in [-0.1, -0.05) is 337 Å². The number of aliphatic hydroxyl groups is 1. The first-order chi connectivity index (χ1) is 45.4. The Morgan fingerprint density at radius 1 is 0.287 bits per heavy atom. The van der Waals surface area contributed by atoms with E-state index in [0.29, 0.717) is 31.6 Å². The Balaban J connectivity index is 5.18. The molecule has 3 N–H and O–H groups in total. The van der Waals surface area contributed by atoms with Crippen molar-refractivity contribution in [1.29, 1.82) is 0 Å². The van der Waals surface area contributed by atoms with E-state index in [9.17, 15) is 43.2 Å². The van der Waals surface area contributed by atoms with Crippen LogP contribution < -0.4 is 0 Å². The SMILES string of the molecule is CCCCCCCCCCCCCCCCC(=O)OC[C@H](COP(=O)(O)OC[C@@H](O)COP(=O)(O)OC[C@@H](COC(=O)CCCCCCCCC(C)C)OC(=O)CCCCCCCCCCCC)OC(=O)CCCCCCCCCCCCCCCCCCCCC(C)C. The summed E-state index contributed by atoms with van der Waals surface area (Å²) in [5.41, 5.74) is 0. The number of carbonyl (C=O) groups is 4. The van der Waals surface area contributed by atoms with Crippen LogP contribution in [0.1, 0.15) is 388 Å². The lowest BCUT2D eigenvalue weighted by Gasteiger charge is -2.21. The van der Waals surface area contributed by atoms with Crippen LogP contribution in [0.15, 0.2) is 0 Å². The molecule has 2 unspecified atom stereocenters. The summed E-state index contributed by atoms with van der Waals surface area (Å²) in [5, 5.41) is 10.6. The Labute approximate surface area is 575 Å².